The van der Waals surface area contributed by atoms with E-state index >= 15 is 0 Å². The van der Waals surface area contributed by atoms with Gasteiger partial charge in [-0.2, -0.15) is 0 Å². The SMILES string of the molecule is CCC1CCCC1NC1CCC(C)CC1C. The van der Waals surface area contributed by atoms with Crippen LogP contribution in [0.4, 0.5) is 0 Å². The van der Waals surface area contributed by atoms with Crippen molar-refractivity contribution in [3.8, 4) is 0 Å². The third-order valence-electron chi connectivity index (χ3n) is 5.04. The molecule has 0 amide bonds. The summed E-state index contributed by atoms with van der Waals surface area (Å²) in [6.45, 7) is 7.22. The van der Waals surface area contributed by atoms with Crippen LogP contribution < -0.4 is 5.32 Å². The highest BCUT2D eigenvalue weighted by molar-refractivity contribution is 4.89. The highest BCUT2D eigenvalue weighted by Gasteiger charge is 2.31. The molecule has 2 rings (SSSR count). The Kier molecular flexibility index (Phi) is 4.29. The first-order valence-corrected chi connectivity index (χ1v) is 7.46. The molecule has 1 heteroatoms. The molecule has 1 nitrogen and oxygen atoms in total. The summed E-state index contributed by atoms with van der Waals surface area (Å²) in [5, 5.41) is 3.99. The van der Waals surface area contributed by atoms with E-state index in [0.717, 1.165) is 29.8 Å². The first kappa shape index (κ1) is 12.4. The largest absolute Gasteiger partial charge is 0.311 e. The maximum absolute atomic E-state index is 3.99. The average molecular weight is 223 g/mol. The Morgan fingerprint density at radius 1 is 1.00 bits per heavy atom. The van der Waals surface area contributed by atoms with Crippen LogP contribution in [0.3, 0.4) is 0 Å². The topological polar surface area (TPSA) is 12.0 Å². The van der Waals surface area contributed by atoms with Gasteiger partial charge in [0.25, 0.3) is 0 Å². The van der Waals surface area contributed by atoms with Gasteiger partial charge in [0.15, 0.2) is 0 Å². The summed E-state index contributed by atoms with van der Waals surface area (Å²) in [5.74, 6) is 2.81. The fraction of sp³-hybridized carbons (Fsp3) is 1.00. The molecule has 2 saturated carbocycles. The van der Waals surface area contributed by atoms with E-state index in [1.807, 2.05) is 0 Å². The minimum atomic E-state index is 0.813. The van der Waals surface area contributed by atoms with E-state index in [-0.39, 0.29) is 0 Å². The van der Waals surface area contributed by atoms with Gasteiger partial charge in [-0.05, 0) is 49.9 Å². The molecule has 94 valence electrons. The highest BCUT2D eigenvalue weighted by atomic mass is 15.0. The van der Waals surface area contributed by atoms with Gasteiger partial charge >= 0.3 is 0 Å². The van der Waals surface area contributed by atoms with E-state index in [0.29, 0.717) is 0 Å². The van der Waals surface area contributed by atoms with E-state index in [1.165, 1.54) is 44.9 Å². The number of hydrogen-bond acceptors (Lipinski definition) is 1. The van der Waals surface area contributed by atoms with Crippen LogP contribution in [0.15, 0.2) is 0 Å². The molecule has 0 aliphatic heterocycles. The van der Waals surface area contributed by atoms with Crippen LogP contribution in [0.2, 0.25) is 0 Å². The molecule has 0 saturated heterocycles. The number of nitrogens with one attached hydrogen (secondary N) is 1. The Morgan fingerprint density at radius 3 is 2.50 bits per heavy atom. The molecule has 0 spiro atoms. The lowest BCUT2D eigenvalue weighted by molar-refractivity contribution is 0.200. The Bertz CT molecular complexity index is 213. The summed E-state index contributed by atoms with van der Waals surface area (Å²) in [5.41, 5.74) is 0. The summed E-state index contributed by atoms with van der Waals surface area (Å²) < 4.78 is 0. The second-order valence-electron chi connectivity index (χ2n) is 6.37. The molecular weight excluding hydrogens is 194 g/mol. The van der Waals surface area contributed by atoms with Crippen LogP contribution in [0.1, 0.15) is 65.7 Å². The van der Waals surface area contributed by atoms with Gasteiger partial charge in [0.1, 0.15) is 0 Å². The van der Waals surface area contributed by atoms with Crippen LogP contribution in [0.5, 0.6) is 0 Å². The van der Waals surface area contributed by atoms with Crippen molar-refractivity contribution < 1.29 is 0 Å². The molecule has 0 bridgehead atoms. The van der Waals surface area contributed by atoms with Crippen molar-refractivity contribution in [1.29, 1.82) is 0 Å². The fourth-order valence-corrected chi connectivity index (χ4v) is 3.93. The van der Waals surface area contributed by atoms with Gasteiger partial charge in [0.2, 0.25) is 0 Å². The van der Waals surface area contributed by atoms with Crippen LogP contribution in [-0.4, -0.2) is 12.1 Å². The van der Waals surface area contributed by atoms with Gasteiger partial charge < -0.3 is 5.32 Å². The van der Waals surface area contributed by atoms with Gasteiger partial charge in [-0.3, -0.25) is 0 Å². The van der Waals surface area contributed by atoms with Gasteiger partial charge in [-0.15, -0.1) is 0 Å². The van der Waals surface area contributed by atoms with Gasteiger partial charge in [0, 0.05) is 12.1 Å². The lowest BCUT2D eigenvalue weighted by atomic mass is 9.79. The second kappa shape index (κ2) is 5.53. The van der Waals surface area contributed by atoms with Crippen molar-refractivity contribution in [2.45, 2.75) is 77.8 Å². The van der Waals surface area contributed by atoms with Gasteiger partial charge in [-0.1, -0.05) is 33.6 Å². The van der Waals surface area contributed by atoms with Crippen molar-refractivity contribution in [1.82, 2.24) is 5.32 Å². The molecule has 2 aliphatic carbocycles. The summed E-state index contributed by atoms with van der Waals surface area (Å²) >= 11 is 0. The van der Waals surface area contributed by atoms with E-state index in [2.05, 4.69) is 26.1 Å². The molecule has 5 atom stereocenters. The van der Waals surface area contributed by atoms with E-state index in [1.54, 1.807) is 0 Å². The zero-order valence-corrected chi connectivity index (χ0v) is 11.3. The van der Waals surface area contributed by atoms with Crippen LogP contribution in [0.25, 0.3) is 0 Å². The molecule has 0 aromatic heterocycles. The normalized spacial score (nSPS) is 44.8. The minimum absolute atomic E-state index is 0.813. The highest BCUT2D eigenvalue weighted by Crippen LogP contribution is 2.33. The smallest absolute Gasteiger partial charge is 0.00979 e. The lowest BCUT2D eigenvalue weighted by Gasteiger charge is -2.36. The monoisotopic (exact) mass is 223 g/mol. The predicted octanol–water partition coefficient (Wildman–Crippen LogP) is 3.98. The molecule has 5 unspecified atom stereocenters. The molecule has 1 N–H and O–H groups in total. The minimum Gasteiger partial charge on any atom is -0.311 e. The first-order chi connectivity index (χ1) is 7.70. The fourth-order valence-electron chi connectivity index (χ4n) is 3.93. The molecule has 0 heterocycles. The van der Waals surface area contributed by atoms with Crippen molar-refractivity contribution in [2.75, 3.05) is 0 Å². The third-order valence-corrected chi connectivity index (χ3v) is 5.04. The van der Waals surface area contributed by atoms with E-state index < -0.39 is 0 Å². The molecular formula is C15H29N. The zero-order chi connectivity index (χ0) is 11.5. The third kappa shape index (κ3) is 2.80. The number of rotatable bonds is 3. The van der Waals surface area contributed by atoms with Gasteiger partial charge in [-0.25, -0.2) is 0 Å². The molecule has 0 aromatic carbocycles. The Morgan fingerprint density at radius 2 is 1.81 bits per heavy atom. The quantitative estimate of drug-likeness (QED) is 0.763. The Hall–Kier alpha value is -0.0400. The molecule has 0 aromatic rings. The van der Waals surface area contributed by atoms with Gasteiger partial charge in [0.05, 0.1) is 0 Å². The van der Waals surface area contributed by atoms with E-state index in [9.17, 15) is 0 Å². The predicted molar refractivity (Wildman–Crippen MR) is 70.5 cm³/mol. The maximum Gasteiger partial charge on any atom is 0.00979 e. The average Bonchev–Trinajstić information content (AvgIpc) is 2.69. The van der Waals surface area contributed by atoms with Crippen molar-refractivity contribution >= 4 is 0 Å². The van der Waals surface area contributed by atoms with E-state index in [4.69, 9.17) is 0 Å². The summed E-state index contributed by atoms with van der Waals surface area (Å²) in [6.07, 6.45) is 9.99. The standard InChI is InChI=1S/C15H29N/c1-4-13-6-5-7-15(13)16-14-9-8-11(2)10-12(14)3/h11-16H,4-10H2,1-3H3. The zero-order valence-electron chi connectivity index (χ0n) is 11.3. The summed E-state index contributed by atoms with van der Waals surface area (Å²) in [7, 11) is 0. The van der Waals surface area contributed by atoms with Crippen molar-refractivity contribution in [2.24, 2.45) is 17.8 Å². The lowest BCUT2D eigenvalue weighted by Crippen LogP contribution is -2.45. The second-order valence-corrected chi connectivity index (χ2v) is 6.37. The number of hydrogen-bond donors (Lipinski definition) is 1. The van der Waals surface area contributed by atoms with Crippen LogP contribution >= 0.6 is 0 Å². The first-order valence-electron chi connectivity index (χ1n) is 7.46. The maximum atomic E-state index is 3.99. The van der Waals surface area contributed by atoms with Crippen LogP contribution in [-0.2, 0) is 0 Å². The Labute approximate surface area is 101 Å². The molecule has 2 fully saturated rings. The summed E-state index contributed by atoms with van der Waals surface area (Å²) in [4.78, 5) is 0. The molecule has 16 heavy (non-hydrogen) atoms. The Balaban J connectivity index is 1.84. The van der Waals surface area contributed by atoms with Crippen molar-refractivity contribution in [3.05, 3.63) is 0 Å². The summed E-state index contributed by atoms with van der Waals surface area (Å²) in [6, 6.07) is 1.65. The van der Waals surface area contributed by atoms with Crippen molar-refractivity contribution in [3.63, 3.8) is 0 Å². The van der Waals surface area contributed by atoms with Crippen LogP contribution in [0, 0.1) is 17.8 Å². The molecule has 0 radical (unpaired) electrons. The molecule has 2 aliphatic rings.